The molecule has 0 aliphatic heterocycles. The zero-order chi connectivity index (χ0) is 17.2. The Kier molecular flexibility index (Phi) is 4.60. The monoisotopic (exact) mass is 335 g/mol. The third-order valence-corrected chi connectivity index (χ3v) is 4.26. The lowest BCUT2D eigenvalue weighted by atomic mass is 10.2. The van der Waals surface area contributed by atoms with E-state index in [2.05, 4.69) is 14.7 Å². The van der Waals surface area contributed by atoms with E-state index in [1.54, 1.807) is 33.2 Å². The van der Waals surface area contributed by atoms with E-state index in [1.807, 2.05) is 0 Å². The van der Waals surface area contributed by atoms with Crippen molar-refractivity contribution in [2.45, 2.75) is 18.7 Å². The van der Waals surface area contributed by atoms with Crippen molar-refractivity contribution < 1.29 is 13.2 Å². The Bertz CT molecular complexity index is 851. The van der Waals surface area contributed by atoms with Gasteiger partial charge in [0.15, 0.2) is 11.5 Å². The van der Waals surface area contributed by atoms with Crippen LogP contribution in [0.1, 0.15) is 23.1 Å². The van der Waals surface area contributed by atoms with Crippen LogP contribution in [-0.2, 0) is 10.0 Å². The Labute approximate surface area is 134 Å². The summed E-state index contributed by atoms with van der Waals surface area (Å²) >= 11 is 0. The Morgan fingerprint density at radius 2 is 1.87 bits per heavy atom. The molecule has 2 rings (SSSR count). The van der Waals surface area contributed by atoms with Crippen LogP contribution in [-0.4, -0.2) is 54.5 Å². The Balaban J connectivity index is 2.35. The maximum atomic E-state index is 12.0. The Morgan fingerprint density at radius 3 is 2.35 bits per heavy atom. The van der Waals surface area contributed by atoms with Gasteiger partial charge in [0, 0.05) is 21.0 Å². The second-order valence-corrected chi connectivity index (χ2v) is 6.78. The van der Waals surface area contributed by atoms with Crippen LogP contribution in [0, 0.1) is 6.92 Å². The number of carbonyl (C=O) groups is 1. The highest BCUT2D eigenvalue weighted by Crippen LogP contribution is 2.17. The number of hydrogen-bond donors (Lipinski definition) is 0. The molecular formula is C14H17N5O3S. The number of aromatic nitrogens is 3. The largest absolute Gasteiger partial charge is 0.368 e. The predicted molar refractivity (Wildman–Crippen MR) is 85.5 cm³/mol. The average molecular weight is 335 g/mol. The second-order valence-electron chi connectivity index (χ2n) is 5.14. The molecule has 0 atom stereocenters. The van der Waals surface area contributed by atoms with Gasteiger partial charge in [-0.25, -0.2) is 4.68 Å². The molecule has 1 aromatic carbocycles. The number of Topliss-reactive ketones (excluding diaryl/α,β-unsaturated/α-hetero) is 1. The molecule has 0 radical (unpaired) electrons. The zero-order valence-electron chi connectivity index (χ0n) is 13.3. The Morgan fingerprint density at radius 1 is 1.26 bits per heavy atom. The smallest absolute Gasteiger partial charge is 0.283 e. The second kappa shape index (κ2) is 6.29. The lowest BCUT2D eigenvalue weighted by Crippen LogP contribution is -2.10. The van der Waals surface area contributed by atoms with Crippen molar-refractivity contribution in [1.82, 2.24) is 19.9 Å². The number of hydrogen-bond acceptors (Lipinski definition) is 5. The van der Waals surface area contributed by atoms with Crippen molar-refractivity contribution >= 4 is 22.1 Å². The van der Waals surface area contributed by atoms with Gasteiger partial charge in [-0.2, -0.15) is 8.42 Å². The number of benzene rings is 1. The third-order valence-electron chi connectivity index (χ3n) is 3.02. The van der Waals surface area contributed by atoms with E-state index in [9.17, 15) is 13.2 Å². The first-order chi connectivity index (χ1) is 10.7. The van der Waals surface area contributed by atoms with E-state index in [1.165, 1.54) is 35.0 Å². The van der Waals surface area contributed by atoms with E-state index in [0.29, 0.717) is 11.4 Å². The standard InChI is InChI=1S/C14H17N5O3S/c1-10-14(11(2)20)16-17-19(10)12-5-7-13(8-6-12)23(21,22)15-9-18(3)4/h5-9H,1-4H3. The van der Waals surface area contributed by atoms with Crippen molar-refractivity contribution in [3.05, 3.63) is 35.7 Å². The summed E-state index contributed by atoms with van der Waals surface area (Å²) in [4.78, 5) is 13.0. The van der Waals surface area contributed by atoms with E-state index in [4.69, 9.17) is 0 Å². The van der Waals surface area contributed by atoms with Crippen molar-refractivity contribution in [2.24, 2.45) is 4.40 Å². The van der Waals surface area contributed by atoms with Crippen molar-refractivity contribution in [2.75, 3.05) is 14.1 Å². The first-order valence-corrected chi connectivity index (χ1v) is 8.17. The van der Waals surface area contributed by atoms with E-state index < -0.39 is 10.0 Å². The quantitative estimate of drug-likeness (QED) is 0.460. The highest BCUT2D eigenvalue weighted by Gasteiger charge is 2.15. The molecule has 2 aromatic rings. The first-order valence-electron chi connectivity index (χ1n) is 6.73. The summed E-state index contributed by atoms with van der Waals surface area (Å²) in [6, 6.07) is 6.05. The van der Waals surface area contributed by atoms with Crippen LogP contribution < -0.4 is 0 Å². The van der Waals surface area contributed by atoms with Gasteiger partial charge in [0.25, 0.3) is 10.0 Å². The van der Waals surface area contributed by atoms with Crippen LogP contribution >= 0.6 is 0 Å². The number of sulfonamides is 1. The maximum Gasteiger partial charge on any atom is 0.283 e. The Hall–Kier alpha value is -2.55. The topological polar surface area (TPSA) is 97.5 Å². The van der Waals surface area contributed by atoms with E-state index >= 15 is 0 Å². The molecule has 0 bridgehead atoms. The van der Waals surface area contributed by atoms with Gasteiger partial charge in [0.1, 0.15) is 6.34 Å². The van der Waals surface area contributed by atoms with Gasteiger partial charge in [-0.3, -0.25) is 4.79 Å². The van der Waals surface area contributed by atoms with Gasteiger partial charge in [-0.05, 0) is 31.2 Å². The molecular weight excluding hydrogens is 318 g/mol. The summed E-state index contributed by atoms with van der Waals surface area (Å²) < 4.78 is 29.1. The molecule has 0 saturated carbocycles. The van der Waals surface area contributed by atoms with Crippen LogP contribution in [0.15, 0.2) is 33.6 Å². The SMILES string of the molecule is CC(=O)c1nnn(-c2ccc(S(=O)(=O)N=CN(C)C)cc2)c1C. The first kappa shape index (κ1) is 16.8. The summed E-state index contributed by atoms with van der Waals surface area (Å²) in [6.07, 6.45) is 1.23. The molecule has 0 aliphatic carbocycles. The minimum absolute atomic E-state index is 0.0731. The molecule has 9 heteroatoms. The van der Waals surface area contributed by atoms with E-state index in [-0.39, 0.29) is 16.4 Å². The molecule has 23 heavy (non-hydrogen) atoms. The van der Waals surface area contributed by atoms with Crippen LogP contribution in [0.25, 0.3) is 5.69 Å². The molecule has 0 fully saturated rings. The molecule has 0 spiro atoms. The summed E-state index contributed by atoms with van der Waals surface area (Å²) in [6.45, 7) is 3.14. The van der Waals surface area contributed by atoms with Gasteiger partial charge in [-0.15, -0.1) is 9.50 Å². The lowest BCUT2D eigenvalue weighted by Gasteiger charge is -2.06. The van der Waals surface area contributed by atoms with Crippen LogP contribution in [0.5, 0.6) is 0 Å². The molecule has 0 amide bonds. The molecule has 122 valence electrons. The zero-order valence-corrected chi connectivity index (χ0v) is 14.1. The number of rotatable bonds is 5. The summed E-state index contributed by atoms with van der Waals surface area (Å²) in [5.74, 6) is -0.175. The number of ketones is 1. The van der Waals surface area contributed by atoms with Gasteiger partial charge in [0.2, 0.25) is 0 Å². The van der Waals surface area contributed by atoms with Gasteiger partial charge >= 0.3 is 0 Å². The fourth-order valence-electron chi connectivity index (χ4n) is 1.88. The van der Waals surface area contributed by atoms with E-state index in [0.717, 1.165) is 0 Å². The normalized spacial score (nSPS) is 11.8. The number of nitrogens with zero attached hydrogens (tertiary/aromatic N) is 5. The van der Waals surface area contributed by atoms with Crippen LogP contribution in [0.3, 0.4) is 0 Å². The third kappa shape index (κ3) is 3.62. The van der Waals surface area contributed by atoms with Crippen molar-refractivity contribution in [3.8, 4) is 5.69 Å². The molecule has 0 saturated heterocycles. The maximum absolute atomic E-state index is 12.0. The van der Waals surface area contributed by atoms with Crippen LogP contribution in [0.2, 0.25) is 0 Å². The van der Waals surface area contributed by atoms with Crippen molar-refractivity contribution in [1.29, 1.82) is 0 Å². The lowest BCUT2D eigenvalue weighted by molar-refractivity contribution is 0.101. The molecule has 0 aliphatic rings. The molecule has 0 N–H and O–H groups in total. The van der Waals surface area contributed by atoms with Gasteiger partial charge in [-0.1, -0.05) is 5.21 Å². The fourth-order valence-corrected chi connectivity index (χ4v) is 2.79. The molecule has 8 nitrogen and oxygen atoms in total. The highest BCUT2D eigenvalue weighted by atomic mass is 32.2. The van der Waals surface area contributed by atoms with Crippen LogP contribution in [0.4, 0.5) is 0 Å². The van der Waals surface area contributed by atoms with Gasteiger partial charge in [0.05, 0.1) is 16.3 Å². The number of carbonyl (C=O) groups excluding carboxylic acids is 1. The fraction of sp³-hybridized carbons (Fsp3) is 0.286. The van der Waals surface area contributed by atoms with Crippen molar-refractivity contribution in [3.63, 3.8) is 0 Å². The minimum Gasteiger partial charge on any atom is -0.368 e. The summed E-state index contributed by atoms with van der Waals surface area (Å²) in [5, 5.41) is 7.75. The highest BCUT2D eigenvalue weighted by molar-refractivity contribution is 7.90. The minimum atomic E-state index is -3.74. The van der Waals surface area contributed by atoms with Gasteiger partial charge < -0.3 is 4.90 Å². The molecule has 0 unspecified atom stereocenters. The predicted octanol–water partition coefficient (Wildman–Crippen LogP) is 1.06. The molecule has 1 aromatic heterocycles. The summed E-state index contributed by atoms with van der Waals surface area (Å²) in [5.41, 5.74) is 1.49. The molecule has 1 heterocycles. The summed E-state index contributed by atoms with van der Waals surface area (Å²) in [7, 11) is -0.379. The average Bonchev–Trinajstić information content (AvgIpc) is 2.87.